The van der Waals surface area contributed by atoms with Crippen molar-refractivity contribution in [2.75, 3.05) is 13.6 Å². The number of likely N-dealkylation sites (N-methyl/N-ethyl adjacent to an activating group) is 1. The van der Waals surface area contributed by atoms with Crippen molar-refractivity contribution in [1.82, 2.24) is 20.4 Å². The lowest BCUT2D eigenvalue weighted by Crippen LogP contribution is -2.29. The molecule has 0 aliphatic rings. The third-order valence-corrected chi connectivity index (χ3v) is 4.27. The number of rotatable bonds is 7. The number of hydrogen-bond donors (Lipinski definition) is 1. The van der Waals surface area contributed by atoms with Crippen molar-refractivity contribution >= 4 is 11.8 Å². The minimum Gasteiger partial charge on any atom is -0.344 e. The number of benzene rings is 2. The van der Waals surface area contributed by atoms with Crippen molar-refractivity contribution in [1.29, 1.82) is 0 Å². The summed E-state index contributed by atoms with van der Waals surface area (Å²) in [5.74, 6) is -0.206. The Morgan fingerprint density at radius 1 is 1.07 bits per heavy atom. The van der Waals surface area contributed by atoms with Crippen molar-refractivity contribution in [3.8, 4) is 0 Å². The van der Waals surface area contributed by atoms with E-state index in [-0.39, 0.29) is 11.8 Å². The molecule has 3 rings (SSSR count). The molecule has 0 saturated heterocycles. The standard InChI is InChI=1S/C21H22N4O3/c1-15-8-10-17(11-9-15)21(27)25(2)13-12-18-23-20(28-24-18)19(26)22-14-16-6-4-3-5-7-16/h3-11H,12-14H2,1-2H3,(H,22,26). The summed E-state index contributed by atoms with van der Waals surface area (Å²) in [5, 5.41) is 6.56. The van der Waals surface area contributed by atoms with E-state index >= 15 is 0 Å². The van der Waals surface area contributed by atoms with E-state index in [1.54, 1.807) is 24.1 Å². The molecule has 1 N–H and O–H groups in total. The minimum atomic E-state index is -0.424. The summed E-state index contributed by atoms with van der Waals surface area (Å²) in [5.41, 5.74) is 2.71. The van der Waals surface area contributed by atoms with Gasteiger partial charge < -0.3 is 14.7 Å². The number of carbonyl (C=O) groups is 2. The third kappa shape index (κ3) is 5.03. The number of nitrogens with zero attached hydrogens (tertiary/aromatic N) is 3. The number of amides is 2. The van der Waals surface area contributed by atoms with E-state index in [0.717, 1.165) is 11.1 Å². The lowest BCUT2D eigenvalue weighted by Gasteiger charge is -2.16. The first kappa shape index (κ1) is 19.3. The zero-order chi connectivity index (χ0) is 19.9. The number of carbonyl (C=O) groups excluding carboxylic acids is 2. The molecular weight excluding hydrogens is 356 g/mol. The molecule has 28 heavy (non-hydrogen) atoms. The lowest BCUT2D eigenvalue weighted by atomic mass is 10.1. The van der Waals surface area contributed by atoms with Crippen LogP contribution in [0.5, 0.6) is 0 Å². The van der Waals surface area contributed by atoms with Gasteiger partial charge in [0.1, 0.15) is 0 Å². The normalized spacial score (nSPS) is 10.5. The molecule has 0 fully saturated rings. The second kappa shape index (κ2) is 8.94. The second-order valence-corrected chi connectivity index (χ2v) is 6.53. The Balaban J connectivity index is 1.50. The van der Waals surface area contributed by atoms with Crippen LogP contribution < -0.4 is 5.32 Å². The van der Waals surface area contributed by atoms with Crippen molar-refractivity contribution in [2.24, 2.45) is 0 Å². The SMILES string of the molecule is Cc1ccc(C(=O)N(C)CCc2noc(C(=O)NCc3ccccc3)n2)cc1. The molecule has 2 amide bonds. The van der Waals surface area contributed by atoms with Gasteiger partial charge in [-0.25, -0.2) is 0 Å². The van der Waals surface area contributed by atoms with Gasteiger partial charge in [0, 0.05) is 32.1 Å². The highest BCUT2D eigenvalue weighted by atomic mass is 16.5. The summed E-state index contributed by atoms with van der Waals surface area (Å²) in [6.07, 6.45) is 0.392. The predicted octanol–water partition coefficient (Wildman–Crippen LogP) is 2.62. The molecule has 0 radical (unpaired) electrons. The summed E-state index contributed by atoms with van der Waals surface area (Å²) in [4.78, 5) is 30.2. The van der Waals surface area contributed by atoms with Gasteiger partial charge in [0.25, 0.3) is 5.91 Å². The van der Waals surface area contributed by atoms with Gasteiger partial charge in [0.15, 0.2) is 5.82 Å². The van der Waals surface area contributed by atoms with Gasteiger partial charge in [-0.05, 0) is 24.6 Å². The summed E-state index contributed by atoms with van der Waals surface area (Å²) >= 11 is 0. The van der Waals surface area contributed by atoms with Crippen LogP contribution in [0.15, 0.2) is 59.1 Å². The summed E-state index contributed by atoms with van der Waals surface area (Å²) in [6, 6.07) is 17.0. The van der Waals surface area contributed by atoms with Crippen molar-refractivity contribution in [3.05, 3.63) is 83.0 Å². The van der Waals surface area contributed by atoms with E-state index in [1.165, 1.54) is 0 Å². The molecule has 0 bridgehead atoms. The molecule has 3 aromatic rings. The fourth-order valence-electron chi connectivity index (χ4n) is 2.59. The number of hydrogen-bond acceptors (Lipinski definition) is 5. The molecule has 0 aliphatic heterocycles. The third-order valence-electron chi connectivity index (χ3n) is 4.27. The average molecular weight is 378 g/mol. The van der Waals surface area contributed by atoms with Crippen LogP contribution in [0.25, 0.3) is 0 Å². The molecule has 0 atom stereocenters. The van der Waals surface area contributed by atoms with Crippen molar-refractivity contribution in [2.45, 2.75) is 19.9 Å². The van der Waals surface area contributed by atoms with E-state index in [1.807, 2.05) is 49.4 Å². The maximum Gasteiger partial charge on any atom is 0.315 e. The van der Waals surface area contributed by atoms with Crippen molar-refractivity contribution < 1.29 is 14.1 Å². The zero-order valence-corrected chi connectivity index (χ0v) is 15.9. The van der Waals surface area contributed by atoms with E-state index in [2.05, 4.69) is 15.5 Å². The Hall–Kier alpha value is -3.48. The maximum absolute atomic E-state index is 12.4. The summed E-state index contributed by atoms with van der Waals surface area (Å²) < 4.78 is 5.03. The molecule has 2 aromatic carbocycles. The van der Waals surface area contributed by atoms with Gasteiger partial charge >= 0.3 is 11.8 Å². The van der Waals surface area contributed by atoms with Crippen molar-refractivity contribution in [3.63, 3.8) is 0 Å². The fourth-order valence-corrected chi connectivity index (χ4v) is 2.59. The number of nitrogens with one attached hydrogen (secondary N) is 1. The highest BCUT2D eigenvalue weighted by molar-refractivity contribution is 5.94. The lowest BCUT2D eigenvalue weighted by molar-refractivity contribution is 0.0795. The summed E-state index contributed by atoms with van der Waals surface area (Å²) in [6.45, 7) is 2.77. The Labute approximate surface area is 163 Å². The topological polar surface area (TPSA) is 88.3 Å². The molecule has 144 valence electrons. The highest BCUT2D eigenvalue weighted by Crippen LogP contribution is 2.07. The van der Waals surface area contributed by atoms with Crippen LogP contribution in [0.4, 0.5) is 0 Å². The van der Waals surface area contributed by atoms with E-state index in [0.29, 0.717) is 30.9 Å². The molecule has 0 spiro atoms. The Morgan fingerprint density at radius 2 is 1.79 bits per heavy atom. The Morgan fingerprint density at radius 3 is 2.50 bits per heavy atom. The van der Waals surface area contributed by atoms with Crippen LogP contribution in [0.3, 0.4) is 0 Å². The largest absolute Gasteiger partial charge is 0.344 e. The molecule has 7 heteroatoms. The second-order valence-electron chi connectivity index (χ2n) is 6.53. The van der Waals surface area contributed by atoms with Crippen LogP contribution in [-0.4, -0.2) is 40.4 Å². The first-order valence-electron chi connectivity index (χ1n) is 9.00. The predicted molar refractivity (Wildman–Crippen MR) is 104 cm³/mol. The first-order valence-corrected chi connectivity index (χ1v) is 9.00. The number of aryl methyl sites for hydroxylation is 1. The zero-order valence-electron chi connectivity index (χ0n) is 15.9. The molecule has 0 aliphatic carbocycles. The first-order chi connectivity index (χ1) is 13.5. The summed E-state index contributed by atoms with van der Waals surface area (Å²) in [7, 11) is 1.72. The monoisotopic (exact) mass is 378 g/mol. The van der Waals surface area contributed by atoms with Crippen LogP contribution in [0, 0.1) is 6.92 Å². The molecular formula is C21H22N4O3. The van der Waals surface area contributed by atoms with Gasteiger partial charge in [-0.3, -0.25) is 9.59 Å². The molecule has 7 nitrogen and oxygen atoms in total. The van der Waals surface area contributed by atoms with Crippen LogP contribution in [0.1, 0.15) is 38.0 Å². The van der Waals surface area contributed by atoms with Gasteiger partial charge in [0.2, 0.25) is 0 Å². The molecule has 1 aromatic heterocycles. The average Bonchev–Trinajstić information content (AvgIpc) is 3.20. The van der Waals surface area contributed by atoms with E-state index in [9.17, 15) is 9.59 Å². The minimum absolute atomic E-state index is 0.0793. The van der Waals surface area contributed by atoms with E-state index in [4.69, 9.17) is 4.52 Å². The van der Waals surface area contributed by atoms with Crippen LogP contribution >= 0.6 is 0 Å². The quantitative estimate of drug-likeness (QED) is 0.683. The Kier molecular flexibility index (Phi) is 6.16. The van der Waals surface area contributed by atoms with Gasteiger partial charge in [0.05, 0.1) is 0 Å². The van der Waals surface area contributed by atoms with E-state index < -0.39 is 5.91 Å². The van der Waals surface area contributed by atoms with Gasteiger partial charge in [-0.1, -0.05) is 53.2 Å². The maximum atomic E-state index is 12.4. The van der Waals surface area contributed by atoms with Crippen LogP contribution in [-0.2, 0) is 13.0 Å². The highest BCUT2D eigenvalue weighted by Gasteiger charge is 2.16. The molecule has 0 unspecified atom stereocenters. The molecule has 0 saturated carbocycles. The van der Waals surface area contributed by atoms with Gasteiger partial charge in [-0.2, -0.15) is 4.98 Å². The smallest absolute Gasteiger partial charge is 0.315 e. The number of aromatic nitrogens is 2. The van der Waals surface area contributed by atoms with Gasteiger partial charge in [-0.15, -0.1) is 0 Å². The Bertz CT molecular complexity index is 936. The van der Waals surface area contributed by atoms with Crippen LogP contribution in [0.2, 0.25) is 0 Å². The fraction of sp³-hybridized carbons (Fsp3) is 0.238. The molecule has 1 heterocycles.